The molecule has 1 heterocycles. The zero-order chi connectivity index (χ0) is 22.0. The maximum Gasteiger partial charge on any atom is 0.406 e. The summed E-state index contributed by atoms with van der Waals surface area (Å²) in [5.41, 5.74) is 1.65. The van der Waals surface area contributed by atoms with E-state index >= 15 is 0 Å². The van der Waals surface area contributed by atoms with Gasteiger partial charge in [-0.3, -0.25) is 4.79 Å². The summed E-state index contributed by atoms with van der Waals surface area (Å²) in [4.78, 5) is 13.7. The van der Waals surface area contributed by atoms with Crippen molar-refractivity contribution in [2.24, 2.45) is 5.92 Å². The van der Waals surface area contributed by atoms with Crippen LogP contribution in [0.25, 0.3) is 22.0 Å². The third-order valence-electron chi connectivity index (χ3n) is 5.50. The highest BCUT2D eigenvalue weighted by Gasteiger charge is 2.40. The molecule has 0 N–H and O–H groups in total. The van der Waals surface area contributed by atoms with Crippen molar-refractivity contribution in [2.45, 2.75) is 37.0 Å². The zero-order valence-corrected chi connectivity index (χ0v) is 17.8. The van der Waals surface area contributed by atoms with Crippen molar-refractivity contribution >= 4 is 28.4 Å². The van der Waals surface area contributed by atoms with Crippen LogP contribution in [0.15, 0.2) is 59.6 Å². The lowest BCUT2D eigenvalue weighted by Crippen LogP contribution is -2.46. The lowest BCUT2D eigenvalue weighted by Gasteiger charge is -2.30. The van der Waals surface area contributed by atoms with E-state index in [0.29, 0.717) is 5.03 Å². The van der Waals surface area contributed by atoms with E-state index < -0.39 is 24.7 Å². The number of halogens is 3. The summed E-state index contributed by atoms with van der Waals surface area (Å²) >= 11 is 1.13. The summed E-state index contributed by atoms with van der Waals surface area (Å²) in [6.07, 6.45) is -2.69. The number of thioether (sulfide) groups is 1. The predicted molar refractivity (Wildman–Crippen MR) is 116 cm³/mol. The third kappa shape index (κ3) is 5.18. The number of rotatable bonds is 7. The molecule has 31 heavy (non-hydrogen) atoms. The molecule has 3 aromatic rings. The molecule has 0 spiro atoms. The molecular weight excluding hydrogens is 423 g/mol. The van der Waals surface area contributed by atoms with E-state index in [-0.39, 0.29) is 11.7 Å². The Balaban J connectivity index is 1.56. The molecule has 0 aliphatic heterocycles. The molecule has 1 aliphatic carbocycles. The van der Waals surface area contributed by atoms with Crippen molar-refractivity contribution in [3.8, 4) is 11.3 Å². The first-order chi connectivity index (χ1) is 14.8. The highest BCUT2D eigenvalue weighted by molar-refractivity contribution is 8.00. The molecule has 0 saturated heterocycles. The Morgan fingerprint density at radius 3 is 2.35 bits per heavy atom. The molecule has 0 radical (unpaired) electrons. The number of benzene rings is 2. The maximum absolute atomic E-state index is 13.1. The first kappa shape index (κ1) is 21.6. The molecule has 1 atom stereocenters. The lowest BCUT2D eigenvalue weighted by atomic mass is 10.1. The van der Waals surface area contributed by atoms with E-state index in [9.17, 15) is 18.0 Å². The average Bonchev–Trinajstić information content (AvgIpc) is 3.60. The van der Waals surface area contributed by atoms with Crippen LogP contribution < -0.4 is 0 Å². The normalized spacial score (nSPS) is 15.1. The van der Waals surface area contributed by atoms with E-state index in [2.05, 4.69) is 10.2 Å². The smallest absolute Gasteiger partial charge is 0.330 e. The van der Waals surface area contributed by atoms with Crippen LogP contribution in [-0.4, -0.2) is 45.5 Å². The number of hydrogen-bond donors (Lipinski definition) is 0. The Morgan fingerprint density at radius 1 is 1.06 bits per heavy atom. The van der Waals surface area contributed by atoms with Crippen LogP contribution in [0.4, 0.5) is 13.2 Å². The number of alkyl halides is 3. The van der Waals surface area contributed by atoms with Crippen molar-refractivity contribution in [3.05, 3.63) is 54.6 Å². The number of carbonyl (C=O) groups excluding carboxylic acids is 1. The molecule has 162 valence electrons. The van der Waals surface area contributed by atoms with E-state index in [1.54, 1.807) is 6.92 Å². The van der Waals surface area contributed by atoms with Crippen LogP contribution in [0.2, 0.25) is 0 Å². The molecule has 1 aliphatic rings. The summed E-state index contributed by atoms with van der Waals surface area (Å²) in [6, 6.07) is 16.8. The van der Waals surface area contributed by atoms with Crippen LogP contribution in [0.1, 0.15) is 19.8 Å². The van der Waals surface area contributed by atoms with Gasteiger partial charge in [-0.2, -0.15) is 13.2 Å². The number of carbonyl (C=O) groups is 1. The Kier molecular flexibility index (Phi) is 6.18. The molecule has 1 fully saturated rings. The van der Waals surface area contributed by atoms with Crippen LogP contribution >= 0.6 is 11.8 Å². The van der Waals surface area contributed by atoms with Gasteiger partial charge in [-0.15, -0.1) is 10.2 Å². The van der Waals surface area contributed by atoms with Gasteiger partial charge in [0, 0.05) is 22.4 Å². The van der Waals surface area contributed by atoms with Gasteiger partial charge >= 0.3 is 6.18 Å². The summed E-state index contributed by atoms with van der Waals surface area (Å²) in [5.74, 6) is -0.488. The van der Waals surface area contributed by atoms with Crippen molar-refractivity contribution in [1.82, 2.24) is 15.1 Å². The van der Waals surface area contributed by atoms with Crippen LogP contribution in [0.5, 0.6) is 0 Å². The van der Waals surface area contributed by atoms with Gasteiger partial charge in [0.25, 0.3) is 0 Å². The van der Waals surface area contributed by atoms with Crippen LogP contribution in [-0.2, 0) is 4.79 Å². The number of aromatic nitrogens is 2. The topological polar surface area (TPSA) is 46.1 Å². The second-order valence-electron chi connectivity index (χ2n) is 7.77. The zero-order valence-electron chi connectivity index (χ0n) is 17.0. The van der Waals surface area contributed by atoms with Gasteiger partial charge in [-0.05, 0) is 25.7 Å². The number of amides is 1. The number of nitrogens with zero attached hydrogens (tertiary/aromatic N) is 3. The van der Waals surface area contributed by atoms with Crippen molar-refractivity contribution in [2.75, 3.05) is 12.3 Å². The lowest BCUT2D eigenvalue weighted by molar-refractivity contribution is -0.164. The molecule has 2 aromatic carbocycles. The summed E-state index contributed by atoms with van der Waals surface area (Å²) in [5, 5.41) is 10.9. The fourth-order valence-corrected chi connectivity index (χ4v) is 4.55. The quantitative estimate of drug-likeness (QED) is 0.446. The molecule has 1 unspecified atom stereocenters. The Bertz CT molecular complexity index is 1070. The molecule has 1 aromatic heterocycles. The Morgan fingerprint density at radius 2 is 1.71 bits per heavy atom. The Hall–Kier alpha value is -2.61. The summed E-state index contributed by atoms with van der Waals surface area (Å²) in [7, 11) is 0. The highest BCUT2D eigenvalue weighted by atomic mass is 32.2. The van der Waals surface area contributed by atoms with Gasteiger partial charge in [0.1, 0.15) is 17.3 Å². The number of fused-ring (bicyclic) bond motifs is 1. The van der Waals surface area contributed by atoms with E-state index in [1.165, 1.54) is 0 Å². The van der Waals surface area contributed by atoms with Crippen molar-refractivity contribution < 1.29 is 18.0 Å². The van der Waals surface area contributed by atoms with Crippen LogP contribution in [0.3, 0.4) is 0 Å². The first-order valence-corrected chi connectivity index (χ1v) is 11.1. The monoisotopic (exact) mass is 445 g/mol. The molecular formula is C23H22F3N3OS. The van der Waals surface area contributed by atoms with E-state index in [0.717, 1.165) is 51.5 Å². The number of hydrogen-bond acceptors (Lipinski definition) is 4. The minimum Gasteiger partial charge on any atom is -0.330 e. The molecule has 8 heteroatoms. The van der Waals surface area contributed by atoms with Crippen molar-refractivity contribution in [1.29, 1.82) is 0 Å². The molecule has 4 nitrogen and oxygen atoms in total. The van der Waals surface area contributed by atoms with E-state index in [1.807, 2.05) is 54.6 Å². The Labute approximate surface area is 182 Å². The second-order valence-corrected chi connectivity index (χ2v) is 8.73. The van der Waals surface area contributed by atoms with Gasteiger partial charge in [0.2, 0.25) is 5.91 Å². The molecule has 0 bridgehead atoms. The van der Waals surface area contributed by atoms with Gasteiger partial charge in [-0.25, -0.2) is 0 Å². The van der Waals surface area contributed by atoms with Crippen LogP contribution in [0, 0.1) is 5.92 Å². The molecule has 1 amide bonds. The minimum absolute atomic E-state index is 0.115. The summed E-state index contributed by atoms with van der Waals surface area (Å²) < 4.78 is 39.2. The van der Waals surface area contributed by atoms with Gasteiger partial charge < -0.3 is 4.90 Å². The van der Waals surface area contributed by atoms with Gasteiger partial charge in [0.15, 0.2) is 0 Å². The van der Waals surface area contributed by atoms with Gasteiger partial charge in [-0.1, -0.05) is 66.4 Å². The largest absolute Gasteiger partial charge is 0.406 e. The predicted octanol–water partition coefficient (Wildman–Crippen LogP) is 5.58. The highest BCUT2D eigenvalue weighted by Crippen LogP contribution is 2.37. The third-order valence-corrected chi connectivity index (χ3v) is 6.47. The SMILES string of the molecule is CC(C1CC1)N(CC(F)(F)F)C(=O)CSc1nnc(-c2ccccc2)c2ccccc12. The molecule has 1 saturated carbocycles. The van der Waals surface area contributed by atoms with E-state index in [4.69, 9.17) is 0 Å². The fourth-order valence-electron chi connectivity index (χ4n) is 3.69. The second kappa shape index (κ2) is 8.86. The molecule has 4 rings (SSSR count). The van der Waals surface area contributed by atoms with Gasteiger partial charge in [0.05, 0.1) is 5.75 Å². The maximum atomic E-state index is 13.1. The standard InChI is InChI=1S/C23H22F3N3OS/c1-15(16-11-12-16)29(14-23(24,25)26)20(30)13-31-22-19-10-6-5-9-18(19)21(27-28-22)17-7-3-2-4-8-17/h2-10,15-16H,11-14H2,1H3. The van der Waals surface area contributed by atoms with Crippen molar-refractivity contribution in [3.63, 3.8) is 0 Å². The fraction of sp³-hybridized carbons (Fsp3) is 0.348. The summed E-state index contributed by atoms with van der Waals surface area (Å²) in [6.45, 7) is 0.485. The average molecular weight is 446 g/mol. The minimum atomic E-state index is -4.42. The first-order valence-electron chi connectivity index (χ1n) is 10.1.